The molecule has 0 saturated heterocycles. The third-order valence-corrected chi connectivity index (χ3v) is 23.9. The van der Waals surface area contributed by atoms with Crippen molar-refractivity contribution in [2.45, 2.75) is 337 Å². The number of allylic oxidation sites excluding steroid dienone is 25. The molecule has 0 aromatic carbocycles. The number of alkyl halides is 1. The zero-order valence-electron chi connectivity index (χ0n) is 68.1. The van der Waals surface area contributed by atoms with Crippen molar-refractivity contribution in [2.75, 3.05) is 25.2 Å². The fourth-order valence-electron chi connectivity index (χ4n) is 10.9. The summed E-state index contributed by atoms with van der Waals surface area (Å²) in [5.41, 5.74) is 19.0. The van der Waals surface area contributed by atoms with Crippen LogP contribution in [0, 0.1) is 16.2 Å². The van der Waals surface area contributed by atoms with Gasteiger partial charge in [-0.25, -0.2) is 0 Å². The van der Waals surface area contributed by atoms with Crippen LogP contribution in [-0.2, 0) is 13.9 Å². The van der Waals surface area contributed by atoms with Crippen LogP contribution in [0.15, 0.2) is 178 Å². The van der Waals surface area contributed by atoms with E-state index in [0.29, 0.717) is 29.8 Å². The molecule has 0 aliphatic carbocycles. The SMILES string of the molecule is C=C(C/C=C(\C)CCC=C(C)C)CCC(C)(C)/C=C/CC/C(C)=C\CBr.C=C(C/C=C(\C)CCC=C(C)C)CCC(C)(C)/C=C/CC/C(C)=C\CO.CB=O.[2H]CC(CO[Si](C(C)C)(C(C)C)C(C)C)OC/C=C(/C)CC/C=C/C(C)(C)CCC(=C)C/C=C(\C)CCC=C(C)C. The molecule has 0 heterocycles. The minimum absolute atomic E-state index is 0.145. The first-order valence-corrected chi connectivity index (χ1v) is 40.0. The van der Waals surface area contributed by atoms with Gasteiger partial charge in [-0.1, -0.05) is 277 Å². The molecular formula is C88H154BBrO4Si. The van der Waals surface area contributed by atoms with Gasteiger partial charge < -0.3 is 14.3 Å². The Morgan fingerprint density at radius 2 is 0.758 bits per heavy atom. The minimum atomic E-state index is -1.93. The van der Waals surface area contributed by atoms with Crippen LogP contribution in [0.4, 0.5) is 0 Å². The Kier molecular flexibility index (Phi) is 58.8. The van der Waals surface area contributed by atoms with E-state index in [4.69, 9.17) is 20.3 Å². The molecule has 0 amide bonds. The van der Waals surface area contributed by atoms with E-state index in [1.807, 2.05) is 6.08 Å². The van der Waals surface area contributed by atoms with Crippen LogP contribution in [0.3, 0.4) is 0 Å². The Morgan fingerprint density at radius 1 is 0.474 bits per heavy atom. The molecular weight excluding hydrogens is 1240 g/mol. The van der Waals surface area contributed by atoms with E-state index in [1.54, 1.807) is 0 Å². The van der Waals surface area contributed by atoms with E-state index in [9.17, 15) is 0 Å². The van der Waals surface area contributed by atoms with E-state index in [2.05, 4.69) is 287 Å². The van der Waals surface area contributed by atoms with Crippen molar-refractivity contribution in [2.24, 2.45) is 16.2 Å². The Labute approximate surface area is 604 Å². The molecule has 0 spiro atoms. The molecule has 0 aliphatic heterocycles. The van der Waals surface area contributed by atoms with Gasteiger partial charge in [0.1, 0.15) is 0 Å². The van der Waals surface area contributed by atoms with Crippen molar-refractivity contribution in [3.8, 4) is 0 Å². The number of aliphatic hydroxyl groups excluding tert-OH is 1. The van der Waals surface area contributed by atoms with Crippen molar-refractivity contribution in [1.82, 2.24) is 0 Å². The fraction of sp³-hybridized carbons (Fsp3) is 0.659. The maximum absolute atomic E-state index is 8.88. The summed E-state index contributed by atoms with van der Waals surface area (Å²) in [4.78, 5) is 0. The average molecular weight is 1400 g/mol. The van der Waals surface area contributed by atoms with Crippen molar-refractivity contribution in [3.05, 3.63) is 178 Å². The first-order chi connectivity index (χ1) is 44.8. The second-order valence-corrected chi connectivity index (χ2v) is 37.2. The summed E-state index contributed by atoms with van der Waals surface area (Å²) < 4.78 is 29.5. The number of ether oxygens (including phenoxy) is 1. The summed E-state index contributed by atoms with van der Waals surface area (Å²) in [6, 6.07) is 0. The molecule has 0 radical (unpaired) electrons. The van der Waals surface area contributed by atoms with Crippen molar-refractivity contribution in [3.63, 3.8) is 0 Å². The fourth-order valence-corrected chi connectivity index (χ4v) is 17.0. The van der Waals surface area contributed by atoms with Crippen molar-refractivity contribution < 1.29 is 20.3 Å². The normalized spacial score (nSPS) is 13.7. The summed E-state index contributed by atoms with van der Waals surface area (Å²) in [7, 11) is -1.18. The van der Waals surface area contributed by atoms with Crippen LogP contribution in [-0.4, -0.2) is 51.8 Å². The third-order valence-electron chi connectivity index (χ3n) is 17.5. The third kappa shape index (κ3) is 61.4. The standard InChI is InChI=1S/C37H68O2Si.C25H41Br.C25H42O.CH3BO/c1-29(2)18-17-20-33(9)21-22-35(11)23-26-37(13,14)25-16-15-19-34(10)24-27-38-36(12)28-39-40(30(3)4,31(5)6)32(7)8;2*1-21(2)11-10-13-22(3)14-15-24(5)16-19-25(6,7)18-9-8-12-23(4)17-20-26;1-2-3/h16,18,21,24-25,30-32,36H,11,15,17,19-20,22-23,26-28H2,1-10,12-14H3;9,11,14,17-18H,5,8,10,12-13,15-16,19-20H2,1-4,6-7H3;9,11,14,17-18,26H,5,8,10,12-13,15-16,19-20H2,1-4,6-7H3;1H3/b25-16+,33-21+,34-24-;2*18-9+,22-14+,23-17-;/i12D;;;. The van der Waals surface area contributed by atoms with Crippen LogP contribution in [0.2, 0.25) is 23.4 Å². The summed E-state index contributed by atoms with van der Waals surface area (Å²) in [5.74, 6) is 0. The van der Waals surface area contributed by atoms with Crippen LogP contribution in [0.5, 0.6) is 0 Å². The van der Waals surface area contributed by atoms with E-state index in [0.717, 1.165) is 141 Å². The summed E-state index contributed by atoms with van der Waals surface area (Å²) in [6.45, 7) is 69.7. The monoisotopic (exact) mass is 1390 g/mol. The molecule has 4 nitrogen and oxygen atoms in total. The summed E-state index contributed by atoms with van der Waals surface area (Å²) in [6.07, 6.45) is 57.3. The average Bonchev–Trinajstić information content (AvgIpc) is 0.809. The van der Waals surface area contributed by atoms with Crippen LogP contribution >= 0.6 is 15.9 Å². The second-order valence-electron chi connectivity index (χ2n) is 31.1. The second kappa shape index (κ2) is 58.3. The number of hydrogen-bond donors (Lipinski definition) is 1. The van der Waals surface area contributed by atoms with Gasteiger partial charge in [0.05, 0.1) is 25.9 Å². The summed E-state index contributed by atoms with van der Waals surface area (Å²) >= 11 is 3.45. The van der Waals surface area contributed by atoms with Gasteiger partial charge in [-0.15, -0.1) is 0 Å². The van der Waals surface area contributed by atoms with Gasteiger partial charge in [-0.3, -0.25) is 0 Å². The molecule has 544 valence electrons. The smallest absolute Gasteiger partial charge is 0.200 e. The van der Waals surface area contributed by atoms with Gasteiger partial charge in [0, 0.05) is 6.70 Å². The van der Waals surface area contributed by atoms with Gasteiger partial charge in [-0.05, 0) is 258 Å². The largest absolute Gasteiger partial charge is 0.413 e. The maximum Gasteiger partial charge on any atom is 0.200 e. The topological polar surface area (TPSA) is 55.8 Å². The molecule has 1 unspecified atom stereocenters. The molecule has 0 fully saturated rings. The number of hydrogen-bond acceptors (Lipinski definition) is 4. The number of aliphatic hydroxyl groups is 1. The molecule has 0 aliphatic rings. The maximum atomic E-state index is 8.88. The van der Waals surface area contributed by atoms with Crippen molar-refractivity contribution >= 4 is 31.4 Å². The molecule has 95 heavy (non-hydrogen) atoms. The molecule has 7 heteroatoms. The molecule has 0 aromatic rings. The van der Waals surface area contributed by atoms with E-state index >= 15 is 0 Å². The number of halogens is 1. The molecule has 0 saturated carbocycles. The zero-order chi connectivity index (χ0) is 74.4. The van der Waals surface area contributed by atoms with Crippen LogP contribution in [0.1, 0.15) is 309 Å². The molecule has 0 rings (SSSR count). The van der Waals surface area contributed by atoms with Gasteiger partial charge in [0.25, 0.3) is 0 Å². The van der Waals surface area contributed by atoms with Gasteiger partial charge in [-0.2, -0.15) is 0 Å². The Hall–Kier alpha value is -3.46. The first-order valence-electron chi connectivity index (χ1n) is 37.5. The van der Waals surface area contributed by atoms with Gasteiger partial charge in [0.2, 0.25) is 0 Å². The molecule has 1 atom stereocenters. The predicted octanol–water partition coefficient (Wildman–Crippen LogP) is 29.2. The van der Waals surface area contributed by atoms with E-state index in [1.165, 1.54) is 80.1 Å². The van der Waals surface area contributed by atoms with Crippen LogP contribution in [0.25, 0.3) is 0 Å². The predicted molar refractivity (Wildman–Crippen MR) is 440 cm³/mol. The Balaban J connectivity index is -0.000000673. The minimum Gasteiger partial charge on any atom is -0.413 e. The molecule has 1 N–H and O–H groups in total. The van der Waals surface area contributed by atoms with Gasteiger partial charge >= 0.3 is 18.7 Å². The molecule has 0 aromatic heterocycles. The van der Waals surface area contributed by atoms with E-state index in [-0.39, 0.29) is 35.9 Å². The van der Waals surface area contributed by atoms with Gasteiger partial charge in [0.15, 0.2) is 8.32 Å². The zero-order valence-corrected chi connectivity index (χ0v) is 69.7. The van der Waals surface area contributed by atoms with E-state index < -0.39 is 8.32 Å². The first kappa shape index (κ1) is 95.7. The summed E-state index contributed by atoms with van der Waals surface area (Å²) in [5, 5.41) is 9.83. The Bertz CT molecular complexity index is 2380. The van der Waals surface area contributed by atoms with Crippen LogP contribution < -0.4 is 0 Å². The quantitative estimate of drug-likeness (QED) is 0.0375. The van der Waals surface area contributed by atoms with Crippen molar-refractivity contribution in [1.29, 1.82) is 0 Å². The number of rotatable bonds is 47. The Morgan fingerprint density at radius 3 is 1.03 bits per heavy atom. The molecule has 0 bridgehead atoms.